The van der Waals surface area contributed by atoms with Crippen LogP contribution in [0.3, 0.4) is 0 Å². The van der Waals surface area contributed by atoms with E-state index in [1.807, 2.05) is 29.2 Å². The number of carbonyl (C=O) groups excluding carboxylic acids is 1. The van der Waals surface area contributed by atoms with Crippen LogP contribution in [0.5, 0.6) is 5.75 Å². The van der Waals surface area contributed by atoms with Crippen molar-refractivity contribution in [2.24, 2.45) is 0 Å². The number of hydrogen-bond donors (Lipinski definition) is 1. The molecule has 1 aliphatic heterocycles. The second kappa shape index (κ2) is 8.03. The largest absolute Gasteiger partial charge is 0.497 e. The Morgan fingerprint density at radius 3 is 3.05 bits per heavy atom. The lowest BCUT2D eigenvalue weighted by Crippen LogP contribution is -2.44. The lowest BCUT2D eigenvalue weighted by molar-refractivity contribution is -0.135. The molecule has 2 rings (SSSR count). The molecule has 1 aromatic rings. The molecule has 1 atom stereocenters. The summed E-state index contributed by atoms with van der Waals surface area (Å²) in [6.07, 6.45) is 5.21. The maximum Gasteiger partial charge on any atom is 0.223 e. The van der Waals surface area contributed by atoms with E-state index in [1.165, 1.54) is 0 Å². The van der Waals surface area contributed by atoms with Gasteiger partial charge in [-0.05, 0) is 49.8 Å². The number of benzene rings is 1. The van der Waals surface area contributed by atoms with Crippen LogP contribution in [-0.2, 0) is 11.2 Å². The standard InChI is InChI=1S/C17H25NO3/c1-21-16-7-4-5-14(13-16)8-9-17(20)18-11-3-2-6-15(18)10-12-19/h4-5,7,13,15,19H,2-3,6,8-12H2,1H3. The fraction of sp³-hybridized carbons (Fsp3) is 0.588. The van der Waals surface area contributed by atoms with E-state index < -0.39 is 0 Å². The van der Waals surface area contributed by atoms with E-state index in [0.29, 0.717) is 12.8 Å². The zero-order valence-corrected chi connectivity index (χ0v) is 12.8. The van der Waals surface area contributed by atoms with Crippen LogP contribution in [0.4, 0.5) is 0 Å². The minimum Gasteiger partial charge on any atom is -0.497 e. The average Bonchev–Trinajstić information content (AvgIpc) is 2.53. The summed E-state index contributed by atoms with van der Waals surface area (Å²) in [5.41, 5.74) is 1.12. The predicted molar refractivity (Wildman–Crippen MR) is 82.4 cm³/mol. The Hall–Kier alpha value is -1.55. The first-order chi connectivity index (χ1) is 10.2. The van der Waals surface area contributed by atoms with Crippen LogP contribution >= 0.6 is 0 Å². The minimum absolute atomic E-state index is 0.157. The molecule has 1 aromatic carbocycles. The third kappa shape index (κ3) is 4.46. The second-order valence-electron chi connectivity index (χ2n) is 5.60. The van der Waals surface area contributed by atoms with Gasteiger partial charge in [0.15, 0.2) is 0 Å². The molecule has 21 heavy (non-hydrogen) atoms. The van der Waals surface area contributed by atoms with Gasteiger partial charge in [0, 0.05) is 25.6 Å². The Bertz CT molecular complexity index is 459. The van der Waals surface area contributed by atoms with E-state index in [-0.39, 0.29) is 18.6 Å². The molecule has 4 heteroatoms. The zero-order chi connectivity index (χ0) is 15.1. The topological polar surface area (TPSA) is 49.8 Å². The zero-order valence-electron chi connectivity index (χ0n) is 12.8. The van der Waals surface area contributed by atoms with Crippen molar-refractivity contribution in [2.45, 2.75) is 44.6 Å². The highest BCUT2D eigenvalue weighted by atomic mass is 16.5. The normalized spacial score (nSPS) is 18.6. The molecule has 0 aliphatic carbocycles. The molecule has 0 radical (unpaired) electrons. The maximum absolute atomic E-state index is 12.4. The third-order valence-electron chi connectivity index (χ3n) is 4.17. The molecule has 0 spiro atoms. The number of aliphatic hydroxyl groups excluding tert-OH is 1. The lowest BCUT2D eigenvalue weighted by Gasteiger charge is -2.35. The van der Waals surface area contributed by atoms with Gasteiger partial charge in [-0.15, -0.1) is 0 Å². The van der Waals surface area contributed by atoms with Crippen molar-refractivity contribution in [3.63, 3.8) is 0 Å². The van der Waals surface area contributed by atoms with Crippen LogP contribution in [0.15, 0.2) is 24.3 Å². The van der Waals surface area contributed by atoms with E-state index in [4.69, 9.17) is 9.84 Å². The van der Waals surface area contributed by atoms with E-state index in [1.54, 1.807) is 7.11 Å². The van der Waals surface area contributed by atoms with Gasteiger partial charge in [0.2, 0.25) is 5.91 Å². The molecule has 116 valence electrons. The van der Waals surface area contributed by atoms with Crippen molar-refractivity contribution in [3.05, 3.63) is 29.8 Å². The Kier molecular flexibility index (Phi) is 6.05. The van der Waals surface area contributed by atoms with Crippen LogP contribution in [0, 0.1) is 0 Å². The number of likely N-dealkylation sites (tertiary alicyclic amines) is 1. The van der Waals surface area contributed by atoms with Crippen molar-refractivity contribution in [3.8, 4) is 5.75 Å². The third-order valence-corrected chi connectivity index (χ3v) is 4.17. The van der Waals surface area contributed by atoms with Crippen LogP contribution in [-0.4, -0.2) is 42.2 Å². The Morgan fingerprint density at radius 1 is 1.43 bits per heavy atom. The van der Waals surface area contributed by atoms with Crippen molar-refractivity contribution in [2.75, 3.05) is 20.3 Å². The summed E-state index contributed by atoms with van der Waals surface area (Å²) in [5.74, 6) is 1.03. The highest BCUT2D eigenvalue weighted by Crippen LogP contribution is 2.21. The summed E-state index contributed by atoms with van der Waals surface area (Å²) in [5, 5.41) is 9.13. The summed E-state index contributed by atoms with van der Waals surface area (Å²) in [7, 11) is 1.65. The summed E-state index contributed by atoms with van der Waals surface area (Å²) in [4.78, 5) is 14.4. The first kappa shape index (κ1) is 15.8. The molecule has 1 N–H and O–H groups in total. The number of hydrogen-bond acceptors (Lipinski definition) is 3. The van der Waals surface area contributed by atoms with Gasteiger partial charge in [-0.25, -0.2) is 0 Å². The lowest BCUT2D eigenvalue weighted by atomic mass is 9.98. The van der Waals surface area contributed by atoms with Crippen LogP contribution in [0.2, 0.25) is 0 Å². The van der Waals surface area contributed by atoms with Gasteiger partial charge in [-0.2, -0.15) is 0 Å². The molecule has 1 saturated heterocycles. The molecular weight excluding hydrogens is 266 g/mol. The number of methoxy groups -OCH3 is 1. The van der Waals surface area contributed by atoms with Gasteiger partial charge in [0.1, 0.15) is 5.75 Å². The molecule has 1 unspecified atom stereocenters. The van der Waals surface area contributed by atoms with Crippen molar-refractivity contribution < 1.29 is 14.6 Å². The van der Waals surface area contributed by atoms with E-state index in [0.717, 1.165) is 43.5 Å². The van der Waals surface area contributed by atoms with Gasteiger partial charge in [0.05, 0.1) is 7.11 Å². The molecule has 1 heterocycles. The Balaban J connectivity index is 1.90. The van der Waals surface area contributed by atoms with Gasteiger partial charge in [-0.3, -0.25) is 4.79 Å². The highest BCUT2D eigenvalue weighted by molar-refractivity contribution is 5.77. The number of carbonyl (C=O) groups is 1. The molecule has 1 aliphatic rings. The molecule has 0 saturated carbocycles. The fourth-order valence-electron chi connectivity index (χ4n) is 3.00. The van der Waals surface area contributed by atoms with Crippen LogP contribution in [0.25, 0.3) is 0 Å². The van der Waals surface area contributed by atoms with Gasteiger partial charge in [0.25, 0.3) is 0 Å². The molecule has 0 bridgehead atoms. The van der Waals surface area contributed by atoms with Crippen LogP contribution in [0.1, 0.15) is 37.7 Å². The average molecular weight is 291 g/mol. The number of rotatable bonds is 6. The van der Waals surface area contributed by atoms with Gasteiger partial charge in [-0.1, -0.05) is 12.1 Å². The monoisotopic (exact) mass is 291 g/mol. The number of aryl methyl sites for hydroxylation is 1. The number of piperidine rings is 1. The Labute approximate surface area is 126 Å². The van der Waals surface area contributed by atoms with Gasteiger partial charge >= 0.3 is 0 Å². The molecule has 0 aromatic heterocycles. The number of amides is 1. The molecule has 1 fully saturated rings. The molecular formula is C17H25NO3. The molecule has 4 nitrogen and oxygen atoms in total. The summed E-state index contributed by atoms with van der Waals surface area (Å²) < 4.78 is 5.20. The van der Waals surface area contributed by atoms with Gasteiger partial charge < -0.3 is 14.7 Å². The summed E-state index contributed by atoms with van der Waals surface area (Å²) >= 11 is 0. The number of ether oxygens (including phenoxy) is 1. The van der Waals surface area contributed by atoms with Crippen molar-refractivity contribution in [1.29, 1.82) is 0 Å². The maximum atomic E-state index is 12.4. The number of nitrogens with zero attached hydrogens (tertiary/aromatic N) is 1. The fourth-order valence-corrected chi connectivity index (χ4v) is 3.00. The second-order valence-corrected chi connectivity index (χ2v) is 5.60. The number of aliphatic hydroxyl groups is 1. The van der Waals surface area contributed by atoms with Crippen LogP contribution < -0.4 is 4.74 Å². The minimum atomic E-state index is 0.157. The quantitative estimate of drug-likeness (QED) is 0.875. The predicted octanol–water partition coefficient (Wildman–Crippen LogP) is 2.39. The summed E-state index contributed by atoms with van der Waals surface area (Å²) in [6.45, 7) is 0.992. The molecule has 1 amide bonds. The smallest absolute Gasteiger partial charge is 0.223 e. The van der Waals surface area contributed by atoms with E-state index >= 15 is 0 Å². The Morgan fingerprint density at radius 2 is 2.29 bits per heavy atom. The first-order valence-electron chi connectivity index (χ1n) is 7.78. The van der Waals surface area contributed by atoms with E-state index in [2.05, 4.69) is 0 Å². The van der Waals surface area contributed by atoms with Crippen molar-refractivity contribution >= 4 is 5.91 Å². The van der Waals surface area contributed by atoms with E-state index in [9.17, 15) is 4.79 Å². The first-order valence-corrected chi connectivity index (χ1v) is 7.78. The summed E-state index contributed by atoms with van der Waals surface area (Å²) in [6, 6.07) is 8.09. The van der Waals surface area contributed by atoms with Crippen molar-refractivity contribution in [1.82, 2.24) is 4.90 Å². The highest BCUT2D eigenvalue weighted by Gasteiger charge is 2.25. The SMILES string of the molecule is COc1cccc(CCC(=O)N2CCCCC2CCO)c1.